The molecule has 0 radical (unpaired) electrons. The zero-order valence-corrected chi connectivity index (χ0v) is 18.2. The Kier molecular flexibility index (Phi) is 8.60. The van der Waals surface area contributed by atoms with Gasteiger partial charge in [-0.3, -0.25) is 4.99 Å². The fraction of sp³-hybridized carbons (Fsp3) is 0.200. The second-order valence-electron chi connectivity index (χ2n) is 5.93. The maximum atomic E-state index is 6.19. The van der Waals surface area contributed by atoms with Crippen LogP contribution in [0.15, 0.2) is 72.2 Å². The van der Waals surface area contributed by atoms with Crippen LogP contribution in [-0.4, -0.2) is 22.6 Å². The van der Waals surface area contributed by atoms with Crippen molar-refractivity contribution in [3.8, 4) is 0 Å². The van der Waals surface area contributed by atoms with Crippen molar-refractivity contribution in [3.63, 3.8) is 0 Å². The van der Waals surface area contributed by atoms with E-state index in [1.165, 1.54) is 11.1 Å². The number of benzene rings is 2. The summed E-state index contributed by atoms with van der Waals surface area (Å²) in [6.07, 6.45) is 5.58. The zero-order chi connectivity index (χ0) is 18.2. The molecule has 5 nitrogen and oxygen atoms in total. The van der Waals surface area contributed by atoms with Gasteiger partial charge in [-0.2, -0.15) is 0 Å². The number of rotatable bonds is 6. The van der Waals surface area contributed by atoms with Crippen LogP contribution in [0.4, 0.5) is 0 Å². The summed E-state index contributed by atoms with van der Waals surface area (Å²) in [5.41, 5.74) is 3.48. The average Bonchev–Trinajstić information content (AvgIpc) is 3.16. The first-order valence-corrected chi connectivity index (χ1v) is 8.84. The Morgan fingerprint density at radius 1 is 1.07 bits per heavy atom. The highest BCUT2D eigenvalue weighted by atomic mass is 127. The van der Waals surface area contributed by atoms with Gasteiger partial charge in [0.25, 0.3) is 0 Å². The number of aromatic nitrogens is 2. The normalized spacial score (nSPS) is 11.0. The van der Waals surface area contributed by atoms with E-state index in [0.717, 1.165) is 23.1 Å². The highest BCUT2D eigenvalue weighted by Gasteiger charge is 2.03. The quantitative estimate of drug-likeness (QED) is 0.308. The van der Waals surface area contributed by atoms with E-state index in [0.29, 0.717) is 13.1 Å². The van der Waals surface area contributed by atoms with Crippen LogP contribution in [0.1, 0.15) is 16.7 Å². The molecule has 3 aromatic rings. The Bertz CT molecular complexity index is 864. The molecule has 0 saturated carbocycles. The van der Waals surface area contributed by atoms with Crippen LogP contribution >= 0.6 is 35.6 Å². The minimum absolute atomic E-state index is 0. The monoisotopic (exact) mass is 495 g/mol. The van der Waals surface area contributed by atoms with Gasteiger partial charge in [-0.25, -0.2) is 4.98 Å². The molecular formula is C20H23ClIN5. The summed E-state index contributed by atoms with van der Waals surface area (Å²) in [5.74, 6) is 0.741. The molecule has 27 heavy (non-hydrogen) atoms. The van der Waals surface area contributed by atoms with Crippen LogP contribution in [-0.2, 0) is 19.6 Å². The lowest BCUT2D eigenvalue weighted by Gasteiger charge is -2.13. The minimum Gasteiger partial charge on any atom is -0.352 e. The number of guanidine groups is 1. The largest absolute Gasteiger partial charge is 0.352 e. The second kappa shape index (κ2) is 10.9. The van der Waals surface area contributed by atoms with Crippen LogP contribution in [0.2, 0.25) is 5.02 Å². The number of imidazole rings is 1. The topological polar surface area (TPSA) is 54.2 Å². The van der Waals surface area contributed by atoms with Gasteiger partial charge in [0.1, 0.15) is 0 Å². The standard InChI is InChI=1S/C20H22ClN5.HI/c1-22-20(25-13-18-7-2-3-8-19(18)21)24-12-16-5-4-6-17(11-16)14-26-10-9-23-15-26;/h2-11,15H,12-14H2,1H3,(H2,22,24,25);1H. The molecule has 0 fully saturated rings. The fourth-order valence-electron chi connectivity index (χ4n) is 2.66. The van der Waals surface area contributed by atoms with Crippen molar-refractivity contribution in [2.75, 3.05) is 7.05 Å². The molecule has 0 saturated heterocycles. The smallest absolute Gasteiger partial charge is 0.191 e. The number of nitrogens with one attached hydrogen (secondary N) is 2. The van der Waals surface area contributed by atoms with Crippen molar-refractivity contribution in [2.24, 2.45) is 4.99 Å². The van der Waals surface area contributed by atoms with Gasteiger partial charge in [0.05, 0.1) is 6.33 Å². The Morgan fingerprint density at radius 2 is 1.85 bits per heavy atom. The molecule has 0 spiro atoms. The Morgan fingerprint density at radius 3 is 2.59 bits per heavy atom. The molecule has 1 heterocycles. The first-order valence-electron chi connectivity index (χ1n) is 8.46. The van der Waals surface area contributed by atoms with E-state index in [1.54, 1.807) is 13.2 Å². The predicted octanol–water partition coefficient (Wildman–Crippen LogP) is 4.07. The molecule has 0 amide bonds. The lowest BCUT2D eigenvalue weighted by molar-refractivity contribution is 0.787. The van der Waals surface area contributed by atoms with Crippen LogP contribution < -0.4 is 10.6 Å². The van der Waals surface area contributed by atoms with Crippen LogP contribution in [0.3, 0.4) is 0 Å². The maximum absolute atomic E-state index is 6.19. The Balaban J connectivity index is 0.00000261. The molecule has 0 atom stereocenters. The van der Waals surface area contributed by atoms with Gasteiger partial charge in [0.15, 0.2) is 5.96 Å². The first kappa shape index (κ1) is 21.2. The fourth-order valence-corrected chi connectivity index (χ4v) is 2.86. The summed E-state index contributed by atoms with van der Waals surface area (Å²) in [6, 6.07) is 16.3. The van der Waals surface area contributed by atoms with Gasteiger partial charge >= 0.3 is 0 Å². The summed E-state index contributed by atoms with van der Waals surface area (Å²) in [6.45, 7) is 2.13. The molecule has 0 aliphatic heterocycles. The molecular weight excluding hydrogens is 473 g/mol. The zero-order valence-electron chi connectivity index (χ0n) is 15.1. The molecule has 0 aliphatic rings. The molecule has 1 aromatic heterocycles. The maximum Gasteiger partial charge on any atom is 0.191 e. The summed E-state index contributed by atoms with van der Waals surface area (Å²) >= 11 is 6.19. The summed E-state index contributed by atoms with van der Waals surface area (Å²) in [7, 11) is 1.76. The second-order valence-corrected chi connectivity index (χ2v) is 6.33. The van der Waals surface area contributed by atoms with E-state index in [9.17, 15) is 0 Å². The van der Waals surface area contributed by atoms with Crippen molar-refractivity contribution in [3.05, 3.63) is 89.0 Å². The van der Waals surface area contributed by atoms with Crippen molar-refractivity contribution < 1.29 is 0 Å². The van der Waals surface area contributed by atoms with E-state index in [2.05, 4.69) is 49.4 Å². The van der Waals surface area contributed by atoms with Gasteiger partial charge in [-0.05, 0) is 22.8 Å². The molecule has 0 unspecified atom stereocenters. The highest BCUT2D eigenvalue weighted by Crippen LogP contribution is 2.14. The van der Waals surface area contributed by atoms with Gasteiger partial charge in [0.2, 0.25) is 0 Å². The van der Waals surface area contributed by atoms with E-state index in [4.69, 9.17) is 11.6 Å². The van der Waals surface area contributed by atoms with Gasteiger partial charge in [-0.15, -0.1) is 24.0 Å². The summed E-state index contributed by atoms with van der Waals surface area (Å²) < 4.78 is 2.05. The predicted molar refractivity (Wildman–Crippen MR) is 122 cm³/mol. The molecule has 2 N–H and O–H groups in total. The molecule has 142 valence electrons. The molecule has 0 aliphatic carbocycles. The van der Waals surface area contributed by atoms with E-state index < -0.39 is 0 Å². The first-order chi connectivity index (χ1) is 12.7. The molecule has 2 aromatic carbocycles. The number of nitrogens with zero attached hydrogens (tertiary/aromatic N) is 3. The molecule has 3 rings (SSSR count). The third-order valence-corrected chi connectivity index (χ3v) is 4.37. The van der Waals surface area contributed by atoms with Gasteiger partial charge in [0, 0.05) is 44.1 Å². The molecule has 0 bridgehead atoms. The lowest BCUT2D eigenvalue weighted by atomic mass is 10.1. The average molecular weight is 496 g/mol. The SMILES string of the molecule is CN=C(NCc1cccc(Cn2ccnc2)c1)NCc1ccccc1Cl.I. The summed E-state index contributed by atoms with van der Waals surface area (Å²) in [5, 5.41) is 7.38. The third-order valence-electron chi connectivity index (χ3n) is 4.00. The number of aliphatic imine (C=N–C) groups is 1. The molecule has 7 heteroatoms. The summed E-state index contributed by atoms with van der Waals surface area (Å²) in [4.78, 5) is 8.35. The van der Waals surface area contributed by atoms with E-state index in [1.807, 2.05) is 36.8 Å². The highest BCUT2D eigenvalue weighted by molar-refractivity contribution is 14.0. The number of hydrogen-bond acceptors (Lipinski definition) is 2. The van der Waals surface area contributed by atoms with E-state index >= 15 is 0 Å². The van der Waals surface area contributed by atoms with Crippen molar-refractivity contribution in [1.29, 1.82) is 0 Å². The Labute approximate surface area is 181 Å². The lowest BCUT2D eigenvalue weighted by Crippen LogP contribution is -2.36. The van der Waals surface area contributed by atoms with Crippen LogP contribution in [0.25, 0.3) is 0 Å². The van der Waals surface area contributed by atoms with Gasteiger partial charge < -0.3 is 15.2 Å². The van der Waals surface area contributed by atoms with E-state index in [-0.39, 0.29) is 24.0 Å². The van der Waals surface area contributed by atoms with Gasteiger partial charge in [-0.1, -0.05) is 54.1 Å². The van der Waals surface area contributed by atoms with Crippen molar-refractivity contribution in [2.45, 2.75) is 19.6 Å². The van der Waals surface area contributed by atoms with Crippen LogP contribution in [0.5, 0.6) is 0 Å². The minimum atomic E-state index is 0. The third kappa shape index (κ3) is 6.55. The number of hydrogen-bond donors (Lipinski definition) is 2. The van der Waals surface area contributed by atoms with Crippen molar-refractivity contribution >= 4 is 41.5 Å². The number of halogens is 2. The van der Waals surface area contributed by atoms with Crippen LogP contribution in [0, 0.1) is 0 Å². The Hall–Kier alpha value is -2.06. The van der Waals surface area contributed by atoms with Crippen molar-refractivity contribution in [1.82, 2.24) is 20.2 Å².